The normalized spacial score (nSPS) is 16.5. The molecule has 1 aromatic carbocycles. The summed E-state index contributed by atoms with van der Waals surface area (Å²) >= 11 is 0. The Morgan fingerprint density at radius 1 is 1.32 bits per heavy atom. The van der Waals surface area contributed by atoms with Gasteiger partial charge in [0.2, 0.25) is 5.91 Å². The van der Waals surface area contributed by atoms with Crippen LogP contribution < -0.4 is 15.4 Å². The SMILES string of the molecule is CNCCC(=O)NCC(c1ccccc1OC)N1CCCC1. The van der Waals surface area contributed by atoms with E-state index in [-0.39, 0.29) is 11.9 Å². The molecule has 0 aliphatic carbocycles. The summed E-state index contributed by atoms with van der Waals surface area (Å²) in [5, 5.41) is 6.07. The highest BCUT2D eigenvalue weighted by Gasteiger charge is 2.26. The van der Waals surface area contributed by atoms with Crippen LogP contribution in [0.5, 0.6) is 5.75 Å². The molecule has 1 unspecified atom stereocenters. The van der Waals surface area contributed by atoms with E-state index in [0.717, 1.165) is 24.4 Å². The lowest BCUT2D eigenvalue weighted by Crippen LogP contribution is -2.37. The fourth-order valence-corrected chi connectivity index (χ4v) is 2.97. The Morgan fingerprint density at radius 3 is 2.73 bits per heavy atom. The standard InChI is InChI=1S/C17H27N3O2/c1-18-10-9-17(21)19-13-15(20-11-5-6-12-20)14-7-3-4-8-16(14)22-2/h3-4,7-8,15,18H,5-6,9-13H2,1-2H3,(H,19,21). The Labute approximate surface area is 133 Å². The van der Waals surface area contributed by atoms with Crippen LogP contribution in [0.4, 0.5) is 0 Å². The Kier molecular flexibility index (Phi) is 6.68. The first-order valence-corrected chi connectivity index (χ1v) is 8.04. The molecule has 1 fully saturated rings. The first-order chi connectivity index (χ1) is 10.8. The van der Waals surface area contributed by atoms with Crippen molar-refractivity contribution in [3.8, 4) is 5.75 Å². The molecule has 1 aliphatic heterocycles. The van der Waals surface area contributed by atoms with Crippen LogP contribution in [0.1, 0.15) is 30.9 Å². The average molecular weight is 305 g/mol. The lowest BCUT2D eigenvalue weighted by atomic mass is 10.0. The summed E-state index contributed by atoms with van der Waals surface area (Å²) in [4.78, 5) is 14.3. The molecule has 1 heterocycles. The third-order valence-electron chi connectivity index (χ3n) is 4.17. The molecule has 0 spiro atoms. The lowest BCUT2D eigenvalue weighted by molar-refractivity contribution is -0.121. The number of hydrogen-bond donors (Lipinski definition) is 2. The molecule has 1 atom stereocenters. The monoisotopic (exact) mass is 305 g/mol. The van der Waals surface area contributed by atoms with Crippen molar-refractivity contribution in [1.29, 1.82) is 0 Å². The Bertz CT molecular complexity index is 473. The quantitative estimate of drug-likeness (QED) is 0.765. The van der Waals surface area contributed by atoms with Crippen molar-refractivity contribution in [2.24, 2.45) is 0 Å². The maximum Gasteiger partial charge on any atom is 0.221 e. The largest absolute Gasteiger partial charge is 0.496 e. The number of benzene rings is 1. The number of methoxy groups -OCH3 is 1. The molecule has 2 N–H and O–H groups in total. The molecular weight excluding hydrogens is 278 g/mol. The third-order valence-corrected chi connectivity index (χ3v) is 4.17. The minimum atomic E-state index is 0.0912. The number of rotatable bonds is 8. The van der Waals surface area contributed by atoms with E-state index in [4.69, 9.17) is 4.74 Å². The van der Waals surface area contributed by atoms with Crippen LogP contribution in [0.2, 0.25) is 0 Å². The number of nitrogens with zero attached hydrogens (tertiary/aromatic N) is 1. The minimum Gasteiger partial charge on any atom is -0.496 e. The van der Waals surface area contributed by atoms with Gasteiger partial charge in [-0.15, -0.1) is 0 Å². The van der Waals surface area contributed by atoms with Gasteiger partial charge < -0.3 is 15.4 Å². The van der Waals surface area contributed by atoms with Crippen LogP contribution in [0.15, 0.2) is 24.3 Å². The van der Waals surface area contributed by atoms with Gasteiger partial charge in [-0.1, -0.05) is 18.2 Å². The summed E-state index contributed by atoms with van der Waals surface area (Å²) in [6, 6.07) is 8.28. The first kappa shape index (κ1) is 16.8. The van der Waals surface area contributed by atoms with E-state index in [2.05, 4.69) is 21.6 Å². The van der Waals surface area contributed by atoms with Crippen LogP contribution in [-0.2, 0) is 4.79 Å². The van der Waals surface area contributed by atoms with Crippen LogP contribution in [0.25, 0.3) is 0 Å². The Hall–Kier alpha value is -1.59. The van der Waals surface area contributed by atoms with Crippen LogP contribution in [0.3, 0.4) is 0 Å². The number of nitrogens with one attached hydrogen (secondary N) is 2. The lowest BCUT2D eigenvalue weighted by Gasteiger charge is -2.29. The number of hydrogen-bond acceptors (Lipinski definition) is 4. The van der Waals surface area contributed by atoms with Crippen molar-refractivity contribution >= 4 is 5.91 Å². The predicted molar refractivity (Wildman–Crippen MR) is 88.1 cm³/mol. The predicted octanol–water partition coefficient (Wildman–Crippen LogP) is 1.56. The number of carbonyl (C=O) groups excluding carboxylic acids is 1. The topological polar surface area (TPSA) is 53.6 Å². The highest BCUT2D eigenvalue weighted by atomic mass is 16.5. The van der Waals surface area contributed by atoms with Gasteiger partial charge in [0.05, 0.1) is 13.2 Å². The van der Waals surface area contributed by atoms with E-state index in [1.165, 1.54) is 12.8 Å². The maximum atomic E-state index is 11.9. The van der Waals surface area contributed by atoms with Crippen LogP contribution in [0, 0.1) is 0 Å². The molecule has 22 heavy (non-hydrogen) atoms. The molecule has 1 aromatic rings. The van der Waals surface area contributed by atoms with Crippen molar-refractivity contribution in [2.45, 2.75) is 25.3 Å². The molecule has 0 bridgehead atoms. The molecule has 0 saturated carbocycles. The number of amides is 1. The van der Waals surface area contributed by atoms with Crippen LogP contribution in [-0.4, -0.2) is 51.1 Å². The van der Waals surface area contributed by atoms with Crippen LogP contribution >= 0.6 is 0 Å². The highest BCUT2D eigenvalue weighted by Crippen LogP contribution is 2.31. The zero-order valence-corrected chi connectivity index (χ0v) is 13.6. The second-order valence-electron chi connectivity index (χ2n) is 5.66. The second-order valence-corrected chi connectivity index (χ2v) is 5.66. The van der Waals surface area contributed by atoms with Gasteiger partial charge in [-0.3, -0.25) is 9.69 Å². The van der Waals surface area contributed by atoms with Gasteiger partial charge in [-0.05, 0) is 39.0 Å². The summed E-state index contributed by atoms with van der Waals surface area (Å²) in [5.41, 5.74) is 1.15. The molecule has 122 valence electrons. The molecule has 1 aliphatic rings. The number of ether oxygens (including phenoxy) is 1. The summed E-state index contributed by atoms with van der Waals surface area (Å²) < 4.78 is 5.51. The zero-order chi connectivity index (χ0) is 15.8. The van der Waals surface area contributed by atoms with E-state index in [0.29, 0.717) is 19.5 Å². The van der Waals surface area contributed by atoms with Crippen molar-refractivity contribution in [3.63, 3.8) is 0 Å². The van der Waals surface area contributed by atoms with E-state index in [9.17, 15) is 4.79 Å². The molecule has 0 radical (unpaired) electrons. The molecule has 1 saturated heterocycles. The molecule has 5 heteroatoms. The van der Waals surface area contributed by atoms with Crippen molar-refractivity contribution in [1.82, 2.24) is 15.5 Å². The van der Waals surface area contributed by atoms with E-state index in [1.54, 1.807) is 7.11 Å². The fourth-order valence-electron chi connectivity index (χ4n) is 2.97. The molecular formula is C17H27N3O2. The number of carbonyl (C=O) groups is 1. The number of para-hydroxylation sites is 1. The zero-order valence-electron chi connectivity index (χ0n) is 13.6. The minimum absolute atomic E-state index is 0.0912. The van der Waals surface area contributed by atoms with Crippen molar-refractivity contribution < 1.29 is 9.53 Å². The summed E-state index contributed by atoms with van der Waals surface area (Å²) in [6.45, 7) is 3.49. The summed E-state index contributed by atoms with van der Waals surface area (Å²) in [5.74, 6) is 0.984. The van der Waals surface area contributed by atoms with Crippen molar-refractivity contribution in [2.75, 3.05) is 40.3 Å². The number of likely N-dealkylation sites (tertiary alicyclic amines) is 1. The Balaban J connectivity index is 2.07. The molecule has 0 aromatic heterocycles. The fraction of sp³-hybridized carbons (Fsp3) is 0.588. The van der Waals surface area contributed by atoms with Gasteiger partial charge in [-0.25, -0.2) is 0 Å². The van der Waals surface area contributed by atoms with Crippen molar-refractivity contribution in [3.05, 3.63) is 29.8 Å². The third kappa shape index (κ3) is 4.45. The van der Waals surface area contributed by atoms with E-state index >= 15 is 0 Å². The van der Waals surface area contributed by atoms with Gasteiger partial charge in [0.25, 0.3) is 0 Å². The van der Waals surface area contributed by atoms with Gasteiger partial charge in [-0.2, -0.15) is 0 Å². The molecule has 5 nitrogen and oxygen atoms in total. The highest BCUT2D eigenvalue weighted by molar-refractivity contribution is 5.76. The summed E-state index contributed by atoms with van der Waals surface area (Å²) in [6.07, 6.45) is 2.95. The Morgan fingerprint density at radius 2 is 2.05 bits per heavy atom. The van der Waals surface area contributed by atoms with E-state index in [1.807, 2.05) is 25.2 Å². The van der Waals surface area contributed by atoms with E-state index < -0.39 is 0 Å². The first-order valence-electron chi connectivity index (χ1n) is 8.04. The smallest absolute Gasteiger partial charge is 0.221 e. The summed E-state index contributed by atoms with van der Waals surface area (Å²) in [7, 11) is 3.56. The van der Waals surface area contributed by atoms with Gasteiger partial charge in [0.15, 0.2) is 0 Å². The maximum absolute atomic E-state index is 11.9. The van der Waals surface area contributed by atoms with Gasteiger partial charge in [0.1, 0.15) is 5.75 Å². The average Bonchev–Trinajstić information content (AvgIpc) is 3.07. The molecule has 1 amide bonds. The van der Waals surface area contributed by atoms with Gasteiger partial charge in [0, 0.05) is 25.1 Å². The van der Waals surface area contributed by atoms with Gasteiger partial charge >= 0.3 is 0 Å². The second kappa shape index (κ2) is 8.76. The molecule has 2 rings (SSSR count).